The Morgan fingerprint density at radius 2 is 2.27 bits per heavy atom. The number of hydrogen-bond donors (Lipinski definition) is 2. The molecule has 0 saturated carbocycles. The zero-order valence-corrected chi connectivity index (χ0v) is 8.40. The summed E-state index contributed by atoms with van der Waals surface area (Å²) in [5, 5.41) is 11.7. The fraction of sp³-hybridized carbons (Fsp3) is 0.500. The van der Waals surface area contributed by atoms with Crippen LogP contribution < -0.4 is 5.32 Å². The van der Waals surface area contributed by atoms with E-state index in [1.807, 2.05) is 13.0 Å². The molecule has 0 aliphatic heterocycles. The van der Waals surface area contributed by atoms with Crippen LogP contribution in [0.3, 0.4) is 0 Å². The molecular weight excluding hydrogens is 202 g/mol. The Bertz CT molecular complexity index is 282. The van der Waals surface area contributed by atoms with Crippen LogP contribution in [0, 0.1) is 0 Å². The normalized spacial score (nSPS) is 15.3. The molecule has 0 amide bonds. The largest absolute Gasteiger partial charge is 0.386 e. The van der Waals surface area contributed by atoms with E-state index in [0.29, 0.717) is 0 Å². The molecule has 3 nitrogen and oxygen atoms in total. The first-order chi connectivity index (χ1) is 7.11. The number of aromatic nitrogens is 1. The second-order valence-electron chi connectivity index (χ2n) is 3.32. The average molecular weight is 216 g/mol. The Balaban J connectivity index is 2.40. The molecule has 1 heterocycles. The van der Waals surface area contributed by atoms with E-state index in [4.69, 9.17) is 5.11 Å². The van der Waals surface area contributed by atoms with Gasteiger partial charge in [-0.1, -0.05) is 6.07 Å². The SMILES string of the molecule is CC(NCC(O)C(F)F)c1cccnc1. The number of aliphatic hydroxyl groups is 1. The van der Waals surface area contributed by atoms with Crippen LogP contribution in [0.5, 0.6) is 0 Å². The van der Waals surface area contributed by atoms with Gasteiger partial charge in [0.2, 0.25) is 0 Å². The number of halogens is 2. The van der Waals surface area contributed by atoms with Gasteiger partial charge in [-0.15, -0.1) is 0 Å². The summed E-state index contributed by atoms with van der Waals surface area (Å²) in [6.45, 7) is 1.70. The van der Waals surface area contributed by atoms with E-state index in [9.17, 15) is 8.78 Å². The fourth-order valence-electron chi connectivity index (χ4n) is 1.14. The molecule has 15 heavy (non-hydrogen) atoms. The van der Waals surface area contributed by atoms with E-state index in [2.05, 4.69) is 10.3 Å². The third kappa shape index (κ3) is 3.89. The van der Waals surface area contributed by atoms with Crippen LogP contribution in [-0.2, 0) is 0 Å². The molecule has 0 bridgehead atoms. The van der Waals surface area contributed by atoms with Crippen LogP contribution in [-0.4, -0.2) is 29.2 Å². The lowest BCUT2D eigenvalue weighted by Gasteiger charge is -2.16. The second-order valence-corrected chi connectivity index (χ2v) is 3.32. The minimum Gasteiger partial charge on any atom is -0.386 e. The molecule has 84 valence electrons. The molecule has 2 unspecified atom stereocenters. The first-order valence-electron chi connectivity index (χ1n) is 4.70. The van der Waals surface area contributed by atoms with Crippen LogP contribution in [0.2, 0.25) is 0 Å². The minimum atomic E-state index is -2.71. The molecule has 2 N–H and O–H groups in total. The van der Waals surface area contributed by atoms with Crippen molar-refractivity contribution < 1.29 is 13.9 Å². The monoisotopic (exact) mass is 216 g/mol. The summed E-state index contributed by atoms with van der Waals surface area (Å²) in [6, 6.07) is 3.52. The number of nitrogens with zero attached hydrogens (tertiary/aromatic N) is 1. The van der Waals surface area contributed by atoms with Gasteiger partial charge < -0.3 is 10.4 Å². The van der Waals surface area contributed by atoms with Gasteiger partial charge in [0.1, 0.15) is 6.10 Å². The van der Waals surface area contributed by atoms with Crippen molar-refractivity contribution >= 4 is 0 Å². The molecule has 0 fully saturated rings. The standard InChI is InChI=1S/C10H14F2N2O/c1-7(8-3-2-4-13-5-8)14-6-9(15)10(11)12/h2-5,7,9-10,14-15H,6H2,1H3. The average Bonchev–Trinajstić information content (AvgIpc) is 2.26. The van der Waals surface area contributed by atoms with Crippen LogP contribution in [0.4, 0.5) is 8.78 Å². The topological polar surface area (TPSA) is 45.1 Å². The number of pyridine rings is 1. The van der Waals surface area contributed by atoms with Crippen molar-refractivity contribution in [3.8, 4) is 0 Å². The van der Waals surface area contributed by atoms with Crippen LogP contribution >= 0.6 is 0 Å². The maximum atomic E-state index is 12.0. The number of rotatable bonds is 5. The van der Waals surface area contributed by atoms with Gasteiger partial charge in [0, 0.05) is 25.0 Å². The second kappa shape index (κ2) is 5.72. The molecule has 1 rings (SSSR count). The van der Waals surface area contributed by atoms with Gasteiger partial charge in [0.05, 0.1) is 0 Å². The van der Waals surface area contributed by atoms with Gasteiger partial charge in [-0.3, -0.25) is 4.98 Å². The van der Waals surface area contributed by atoms with Crippen molar-refractivity contribution in [3.05, 3.63) is 30.1 Å². The molecule has 0 saturated heterocycles. The Labute approximate surface area is 87.2 Å². The van der Waals surface area contributed by atoms with Crippen LogP contribution in [0.15, 0.2) is 24.5 Å². The zero-order chi connectivity index (χ0) is 11.3. The molecule has 1 aromatic heterocycles. The van der Waals surface area contributed by atoms with E-state index in [1.165, 1.54) is 0 Å². The molecule has 2 atom stereocenters. The summed E-state index contributed by atoms with van der Waals surface area (Å²) in [5.74, 6) is 0. The number of hydrogen-bond acceptors (Lipinski definition) is 3. The molecule has 0 aromatic carbocycles. The Hall–Kier alpha value is -1.07. The van der Waals surface area contributed by atoms with E-state index in [1.54, 1.807) is 18.5 Å². The molecule has 5 heteroatoms. The van der Waals surface area contributed by atoms with Gasteiger partial charge in [0.25, 0.3) is 6.43 Å². The maximum Gasteiger partial charge on any atom is 0.265 e. The third-order valence-corrected chi connectivity index (χ3v) is 2.11. The summed E-state index contributed by atoms with van der Waals surface area (Å²) >= 11 is 0. The first-order valence-corrected chi connectivity index (χ1v) is 4.70. The van der Waals surface area contributed by atoms with Gasteiger partial charge in [-0.2, -0.15) is 0 Å². The van der Waals surface area contributed by atoms with Gasteiger partial charge in [-0.05, 0) is 18.6 Å². The minimum absolute atomic E-state index is 0.105. The first kappa shape index (κ1) is 12.0. The van der Waals surface area contributed by atoms with Crippen LogP contribution in [0.1, 0.15) is 18.5 Å². The molecule has 0 radical (unpaired) electrons. The van der Waals surface area contributed by atoms with Gasteiger partial charge in [0.15, 0.2) is 0 Å². The zero-order valence-electron chi connectivity index (χ0n) is 8.40. The number of alkyl halides is 2. The van der Waals surface area contributed by atoms with Crippen LogP contribution in [0.25, 0.3) is 0 Å². The summed E-state index contributed by atoms with van der Waals surface area (Å²) in [7, 11) is 0. The highest BCUT2D eigenvalue weighted by Gasteiger charge is 2.17. The molecule has 1 aromatic rings. The third-order valence-electron chi connectivity index (χ3n) is 2.11. The molecule has 0 aliphatic rings. The van der Waals surface area contributed by atoms with Gasteiger partial charge >= 0.3 is 0 Å². The lowest BCUT2D eigenvalue weighted by atomic mass is 10.1. The van der Waals surface area contributed by atoms with Crippen molar-refractivity contribution in [1.82, 2.24) is 10.3 Å². The van der Waals surface area contributed by atoms with Crippen molar-refractivity contribution in [1.29, 1.82) is 0 Å². The highest BCUT2D eigenvalue weighted by atomic mass is 19.3. The van der Waals surface area contributed by atoms with Crippen molar-refractivity contribution in [3.63, 3.8) is 0 Å². The summed E-state index contributed by atoms with van der Waals surface area (Å²) in [5.41, 5.74) is 0.902. The molecule has 0 spiro atoms. The highest BCUT2D eigenvalue weighted by Crippen LogP contribution is 2.10. The Kier molecular flexibility index (Phi) is 4.58. The highest BCUT2D eigenvalue weighted by molar-refractivity contribution is 5.12. The van der Waals surface area contributed by atoms with Crippen molar-refractivity contribution in [2.24, 2.45) is 0 Å². The predicted octanol–water partition coefficient (Wildman–Crippen LogP) is 1.36. The summed E-state index contributed by atoms with van der Waals surface area (Å²) in [6.07, 6.45) is -1.03. The summed E-state index contributed by atoms with van der Waals surface area (Å²) in [4.78, 5) is 3.92. The Morgan fingerprint density at radius 3 is 2.80 bits per heavy atom. The van der Waals surface area contributed by atoms with E-state index in [0.717, 1.165) is 5.56 Å². The van der Waals surface area contributed by atoms with Gasteiger partial charge in [-0.25, -0.2) is 8.78 Å². The van der Waals surface area contributed by atoms with Crippen molar-refractivity contribution in [2.45, 2.75) is 25.5 Å². The number of aliphatic hydroxyl groups excluding tert-OH is 1. The predicted molar refractivity (Wildman–Crippen MR) is 52.7 cm³/mol. The Morgan fingerprint density at radius 1 is 1.53 bits per heavy atom. The maximum absolute atomic E-state index is 12.0. The molecular formula is C10H14F2N2O. The lowest BCUT2D eigenvalue weighted by Crippen LogP contribution is -2.33. The molecule has 0 aliphatic carbocycles. The summed E-state index contributed by atoms with van der Waals surface area (Å²) < 4.78 is 24.0. The quantitative estimate of drug-likeness (QED) is 0.781. The smallest absolute Gasteiger partial charge is 0.265 e. The lowest BCUT2D eigenvalue weighted by molar-refractivity contribution is -0.00439. The van der Waals surface area contributed by atoms with Crippen molar-refractivity contribution in [2.75, 3.05) is 6.54 Å². The number of nitrogens with one attached hydrogen (secondary N) is 1. The van der Waals surface area contributed by atoms with E-state index >= 15 is 0 Å². The fourth-order valence-corrected chi connectivity index (χ4v) is 1.14. The van der Waals surface area contributed by atoms with E-state index in [-0.39, 0.29) is 12.6 Å². The van der Waals surface area contributed by atoms with E-state index < -0.39 is 12.5 Å².